The lowest BCUT2D eigenvalue weighted by molar-refractivity contribution is -0.113. The number of phenols is 1. The van der Waals surface area contributed by atoms with Gasteiger partial charge in [-0.3, -0.25) is 14.6 Å². The fourth-order valence-corrected chi connectivity index (χ4v) is 2.47. The van der Waals surface area contributed by atoms with Gasteiger partial charge in [-0.15, -0.1) is 0 Å². The van der Waals surface area contributed by atoms with E-state index < -0.39 is 11.8 Å². The van der Waals surface area contributed by atoms with Gasteiger partial charge in [0.1, 0.15) is 11.4 Å². The van der Waals surface area contributed by atoms with Crippen LogP contribution in [-0.2, 0) is 4.79 Å². The maximum Gasteiger partial charge on any atom is 0.272 e. The second-order valence-corrected chi connectivity index (χ2v) is 6.17. The number of anilines is 1. The second kappa shape index (κ2) is 8.64. The summed E-state index contributed by atoms with van der Waals surface area (Å²) in [5, 5.41) is 14.9. The summed E-state index contributed by atoms with van der Waals surface area (Å²) in [4.78, 5) is 29.4. The van der Waals surface area contributed by atoms with Crippen molar-refractivity contribution in [2.75, 3.05) is 5.32 Å². The molecule has 140 valence electrons. The molecule has 2 amide bonds. The highest BCUT2D eigenvalue weighted by Gasteiger charge is 2.15. The fraction of sp³-hybridized carbons (Fsp3) is 0.0455. The molecule has 0 aliphatic carbocycles. The molecule has 0 aliphatic heterocycles. The minimum absolute atomic E-state index is 0.0271. The van der Waals surface area contributed by atoms with Crippen molar-refractivity contribution in [2.24, 2.45) is 0 Å². The molecule has 3 rings (SSSR count). The zero-order chi connectivity index (χ0) is 19.9. The van der Waals surface area contributed by atoms with E-state index in [2.05, 4.69) is 15.6 Å². The van der Waals surface area contributed by atoms with E-state index in [9.17, 15) is 14.7 Å². The van der Waals surface area contributed by atoms with Crippen LogP contribution in [0.4, 0.5) is 5.69 Å². The molecule has 1 heterocycles. The van der Waals surface area contributed by atoms with Gasteiger partial charge in [0.05, 0.1) is 0 Å². The van der Waals surface area contributed by atoms with Crippen molar-refractivity contribution in [3.05, 3.63) is 95.4 Å². The van der Waals surface area contributed by atoms with Crippen LogP contribution in [0, 0.1) is 6.92 Å². The molecule has 0 spiro atoms. The Hall–Kier alpha value is -3.93. The number of hydrogen-bond acceptors (Lipinski definition) is 4. The third kappa shape index (κ3) is 5.04. The number of benzene rings is 2. The first-order chi connectivity index (χ1) is 13.5. The number of aromatic hydroxyl groups is 1. The Morgan fingerprint density at radius 2 is 1.82 bits per heavy atom. The maximum atomic E-state index is 12.8. The Kier molecular flexibility index (Phi) is 5.81. The van der Waals surface area contributed by atoms with Crippen LogP contribution >= 0.6 is 0 Å². The lowest BCUT2D eigenvalue weighted by atomic mass is 10.1. The van der Waals surface area contributed by atoms with E-state index >= 15 is 0 Å². The first kappa shape index (κ1) is 18.8. The number of aryl methyl sites for hydroxylation is 1. The van der Waals surface area contributed by atoms with Crippen molar-refractivity contribution in [3.8, 4) is 5.75 Å². The number of hydrogen-bond donors (Lipinski definition) is 3. The SMILES string of the molecule is Cc1ccc(C(=O)N/C(=C/c2cccnc2)C(=O)Nc2cccc(O)c2)cc1. The number of rotatable bonds is 5. The molecule has 2 aromatic carbocycles. The Morgan fingerprint density at radius 1 is 1.04 bits per heavy atom. The largest absolute Gasteiger partial charge is 0.508 e. The topological polar surface area (TPSA) is 91.3 Å². The summed E-state index contributed by atoms with van der Waals surface area (Å²) in [6.07, 6.45) is 4.74. The maximum absolute atomic E-state index is 12.8. The van der Waals surface area contributed by atoms with Crippen molar-refractivity contribution in [1.29, 1.82) is 0 Å². The lowest BCUT2D eigenvalue weighted by Crippen LogP contribution is -2.30. The summed E-state index contributed by atoms with van der Waals surface area (Å²) in [6.45, 7) is 1.93. The van der Waals surface area contributed by atoms with Crippen LogP contribution in [0.3, 0.4) is 0 Å². The molecule has 6 nitrogen and oxygen atoms in total. The molecule has 0 fully saturated rings. The van der Waals surface area contributed by atoms with Gasteiger partial charge in [-0.1, -0.05) is 29.8 Å². The predicted molar refractivity (Wildman–Crippen MR) is 108 cm³/mol. The van der Waals surface area contributed by atoms with Crippen LogP contribution in [0.5, 0.6) is 5.75 Å². The van der Waals surface area contributed by atoms with Gasteiger partial charge >= 0.3 is 0 Å². The van der Waals surface area contributed by atoms with Crippen LogP contribution in [0.2, 0.25) is 0 Å². The summed E-state index contributed by atoms with van der Waals surface area (Å²) < 4.78 is 0. The van der Waals surface area contributed by atoms with Crippen molar-refractivity contribution in [1.82, 2.24) is 10.3 Å². The number of carbonyl (C=O) groups is 2. The van der Waals surface area contributed by atoms with Gasteiger partial charge in [-0.25, -0.2) is 0 Å². The normalized spacial score (nSPS) is 11.0. The van der Waals surface area contributed by atoms with Gasteiger partial charge in [0.2, 0.25) is 0 Å². The molecule has 6 heteroatoms. The molecular formula is C22H19N3O3. The molecule has 3 aromatic rings. The molecule has 0 saturated carbocycles. The van der Waals surface area contributed by atoms with Gasteiger partial charge in [0.15, 0.2) is 0 Å². The molecule has 3 N–H and O–H groups in total. The number of nitrogens with zero attached hydrogens (tertiary/aromatic N) is 1. The third-order valence-electron chi connectivity index (χ3n) is 3.91. The molecule has 0 atom stereocenters. The highest BCUT2D eigenvalue weighted by molar-refractivity contribution is 6.10. The number of nitrogens with one attached hydrogen (secondary N) is 2. The molecule has 28 heavy (non-hydrogen) atoms. The number of pyridine rings is 1. The Morgan fingerprint density at radius 3 is 2.50 bits per heavy atom. The van der Waals surface area contributed by atoms with Crippen LogP contribution < -0.4 is 10.6 Å². The zero-order valence-corrected chi connectivity index (χ0v) is 15.2. The average molecular weight is 373 g/mol. The minimum Gasteiger partial charge on any atom is -0.508 e. The molecule has 0 unspecified atom stereocenters. The Labute approximate surface area is 162 Å². The van der Waals surface area contributed by atoms with E-state index in [4.69, 9.17) is 0 Å². The summed E-state index contributed by atoms with van der Waals surface area (Å²) >= 11 is 0. The van der Waals surface area contributed by atoms with E-state index in [0.717, 1.165) is 5.56 Å². The minimum atomic E-state index is -0.519. The van der Waals surface area contributed by atoms with E-state index in [1.54, 1.807) is 48.8 Å². The van der Waals surface area contributed by atoms with E-state index in [1.165, 1.54) is 18.2 Å². The highest BCUT2D eigenvalue weighted by Crippen LogP contribution is 2.16. The van der Waals surface area contributed by atoms with Crippen LogP contribution in [0.15, 0.2) is 78.8 Å². The summed E-state index contributed by atoms with van der Waals surface area (Å²) in [5.74, 6) is -0.893. The summed E-state index contributed by atoms with van der Waals surface area (Å²) in [6, 6.07) is 16.7. The van der Waals surface area contributed by atoms with Crippen LogP contribution in [-0.4, -0.2) is 21.9 Å². The highest BCUT2D eigenvalue weighted by atomic mass is 16.3. The van der Waals surface area contributed by atoms with Crippen molar-refractivity contribution in [3.63, 3.8) is 0 Å². The Bertz CT molecular complexity index is 1010. The monoisotopic (exact) mass is 373 g/mol. The molecule has 0 bridgehead atoms. The van der Waals surface area contributed by atoms with Gasteiger partial charge in [0, 0.05) is 29.7 Å². The molecular weight excluding hydrogens is 354 g/mol. The first-order valence-corrected chi connectivity index (χ1v) is 8.61. The number of phenolic OH excluding ortho intramolecular Hbond substituents is 1. The Balaban J connectivity index is 1.86. The fourth-order valence-electron chi connectivity index (χ4n) is 2.47. The molecule has 0 radical (unpaired) electrons. The van der Waals surface area contributed by atoms with Crippen LogP contribution in [0.25, 0.3) is 6.08 Å². The zero-order valence-electron chi connectivity index (χ0n) is 15.2. The lowest BCUT2D eigenvalue weighted by Gasteiger charge is -2.11. The molecule has 1 aromatic heterocycles. The number of amides is 2. The van der Waals surface area contributed by atoms with E-state index in [0.29, 0.717) is 16.8 Å². The van der Waals surface area contributed by atoms with Gasteiger partial charge in [-0.2, -0.15) is 0 Å². The quantitative estimate of drug-likeness (QED) is 0.597. The van der Waals surface area contributed by atoms with Crippen molar-refractivity contribution >= 4 is 23.6 Å². The average Bonchev–Trinajstić information content (AvgIpc) is 2.68. The van der Waals surface area contributed by atoms with E-state index in [1.807, 2.05) is 19.1 Å². The van der Waals surface area contributed by atoms with Crippen molar-refractivity contribution < 1.29 is 14.7 Å². The number of aromatic nitrogens is 1. The first-order valence-electron chi connectivity index (χ1n) is 8.61. The molecule has 0 aliphatic rings. The van der Waals surface area contributed by atoms with Gasteiger partial charge in [0.25, 0.3) is 11.8 Å². The summed E-state index contributed by atoms with van der Waals surface area (Å²) in [7, 11) is 0. The van der Waals surface area contributed by atoms with Gasteiger partial charge in [-0.05, 0) is 48.9 Å². The second-order valence-electron chi connectivity index (χ2n) is 6.17. The standard InChI is InChI=1S/C22H19N3O3/c1-15-7-9-17(10-8-15)21(27)25-20(12-16-4-3-11-23-14-16)22(28)24-18-5-2-6-19(26)13-18/h2-14,26H,1H3,(H,24,28)(H,25,27)/b20-12+. The van der Waals surface area contributed by atoms with E-state index in [-0.39, 0.29) is 11.4 Å². The smallest absolute Gasteiger partial charge is 0.272 e. The third-order valence-corrected chi connectivity index (χ3v) is 3.91. The summed E-state index contributed by atoms with van der Waals surface area (Å²) in [5.41, 5.74) is 2.60. The van der Waals surface area contributed by atoms with Crippen LogP contribution in [0.1, 0.15) is 21.5 Å². The predicted octanol–water partition coefficient (Wildman–Crippen LogP) is 3.51. The molecule has 0 saturated heterocycles. The number of carbonyl (C=O) groups excluding carboxylic acids is 2. The van der Waals surface area contributed by atoms with Gasteiger partial charge < -0.3 is 15.7 Å². The van der Waals surface area contributed by atoms with Crippen molar-refractivity contribution in [2.45, 2.75) is 6.92 Å².